The van der Waals surface area contributed by atoms with Crippen LogP contribution in [0.15, 0.2) is 53.5 Å². The van der Waals surface area contributed by atoms with Gasteiger partial charge in [-0.1, -0.05) is 24.3 Å². The molecule has 39 heavy (non-hydrogen) atoms. The van der Waals surface area contributed by atoms with Gasteiger partial charge in [-0.25, -0.2) is 9.89 Å². The molecule has 1 saturated heterocycles. The summed E-state index contributed by atoms with van der Waals surface area (Å²) in [6.07, 6.45) is 2.08. The monoisotopic (exact) mass is 538 g/mol. The van der Waals surface area contributed by atoms with Crippen molar-refractivity contribution in [3.63, 3.8) is 0 Å². The van der Waals surface area contributed by atoms with E-state index in [1.165, 1.54) is 0 Å². The Hall–Kier alpha value is -4.49. The van der Waals surface area contributed by atoms with Gasteiger partial charge in [0.05, 0.1) is 39.5 Å². The molecular weight excluding hydrogens is 512 g/mol. The number of nitrogens with zero attached hydrogens (tertiary/aromatic N) is 5. The number of ether oxygens (including phenoxy) is 1. The smallest absolute Gasteiger partial charge is 0.410 e. The van der Waals surface area contributed by atoms with E-state index >= 15 is 0 Å². The Kier molecular flexibility index (Phi) is 5.77. The molecule has 0 spiro atoms. The van der Waals surface area contributed by atoms with Crippen LogP contribution in [0, 0.1) is 11.3 Å². The zero-order chi connectivity index (χ0) is 27.5. The third-order valence-corrected chi connectivity index (χ3v) is 8.13. The highest BCUT2D eigenvalue weighted by atomic mass is 32.1. The third-order valence-electron chi connectivity index (χ3n) is 6.95. The number of nitrogens with one attached hydrogen (secondary N) is 1. The molecule has 2 aromatic carbocycles. The standard InChI is InChI=1S/C29H26N6O3S/c1-29(2,3)38-28(37)35-12-11-22(35)24-19-13-16(9-10-18(19)27(36)33-32-24)21-15-31-34(4)25(21)26-20(14-30)17-7-5-6-8-23(17)39-26/h5-10,13,15,22H,11-12H2,1-4H3,(H,33,36). The predicted octanol–water partition coefficient (Wildman–Crippen LogP) is 5.76. The van der Waals surface area contributed by atoms with E-state index in [1.807, 2.05) is 64.2 Å². The van der Waals surface area contributed by atoms with Gasteiger partial charge >= 0.3 is 6.09 Å². The number of H-pyrrole nitrogens is 1. The number of hydrogen-bond acceptors (Lipinski definition) is 7. The number of likely N-dealkylation sites (tertiary alicyclic amines) is 1. The van der Waals surface area contributed by atoms with Crippen molar-refractivity contribution in [2.24, 2.45) is 7.05 Å². The number of fused-ring (bicyclic) bond motifs is 2. The van der Waals surface area contributed by atoms with Crippen molar-refractivity contribution in [1.29, 1.82) is 5.26 Å². The molecule has 1 unspecified atom stereocenters. The van der Waals surface area contributed by atoms with Crippen LogP contribution in [0.4, 0.5) is 4.79 Å². The van der Waals surface area contributed by atoms with Crippen LogP contribution in [-0.4, -0.2) is 43.1 Å². The lowest BCUT2D eigenvalue weighted by Crippen LogP contribution is -2.48. The fourth-order valence-electron chi connectivity index (χ4n) is 5.06. The van der Waals surface area contributed by atoms with E-state index < -0.39 is 11.7 Å². The van der Waals surface area contributed by atoms with Gasteiger partial charge in [-0.3, -0.25) is 14.4 Å². The molecule has 196 valence electrons. The van der Waals surface area contributed by atoms with Crippen molar-refractivity contribution in [2.75, 3.05) is 6.54 Å². The first-order valence-corrected chi connectivity index (χ1v) is 13.4. The molecule has 1 N–H and O–H groups in total. The Balaban J connectivity index is 1.48. The Bertz CT molecular complexity index is 1870. The number of nitriles is 1. The minimum Gasteiger partial charge on any atom is -0.444 e. The lowest BCUT2D eigenvalue weighted by molar-refractivity contribution is -0.00637. The average Bonchev–Trinajstić information content (AvgIpc) is 3.43. The van der Waals surface area contributed by atoms with Crippen LogP contribution < -0.4 is 5.56 Å². The summed E-state index contributed by atoms with van der Waals surface area (Å²) in [5.41, 5.74) is 2.82. The minimum atomic E-state index is -0.615. The normalized spacial score (nSPS) is 15.4. The number of carbonyl (C=O) groups is 1. The topological polar surface area (TPSA) is 117 Å². The van der Waals surface area contributed by atoms with E-state index in [0.29, 0.717) is 35.0 Å². The van der Waals surface area contributed by atoms with Crippen molar-refractivity contribution in [2.45, 2.75) is 38.8 Å². The highest BCUT2D eigenvalue weighted by Gasteiger charge is 2.38. The molecule has 1 fully saturated rings. The fourth-order valence-corrected chi connectivity index (χ4v) is 6.30. The maximum atomic E-state index is 12.8. The number of aromatic nitrogens is 4. The minimum absolute atomic E-state index is 0.300. The van der Waals surface area contributed by atoms with Crippen LogP contribution in [0.25, 0.3) is 42.6 Å². The molecule has 0 radical (unpaired) electrons. The fraction of sp³-hybridized carbons (Fsp3) is 0.276. The van der Waals surface area contributed by atoms with Crippen molar-refractivity contribution >= 4 is 38.3 Å². The molecule has 10 heteroatoms. The first-order chi connectivity index (χ1) is 18.7. The van der Waals surface area contributed by atoms with Crippen molar-refractivity contribution in [3.05, 3.63) is 70.3 Å². The number of aromatic amines is 1. The first kappa shape index (κ1) is 24.8. The zero-order valence-corrected chi connectivity index (χ0v) is 22.8. The van der Waals surface area contributed by atoms with Crippen LogP contribution in [0.5, 0.6) is 0 Å². The lowest BCUT2D eigenvalue weighted by atomic mass is 9.94. The Labute approximate surface area is 228 Å². The van der Waals surface area contributed by atoms with Crippen LogP contribution in [0.2, 0.25) is 0 Å². The molecule has 9 nitrogen and oxygen atoms in total. The Morgan fingerprint density at radius 3 is 2.69 bits per heavy atom. The molecule has 1 amide bonds. The number of rotatable bonds is 3. The number of carbonyl (C=O) groups excluding carboxylic acids is 1. The largest absolute Gasteiger partial charge is 0.444 e. The summed E-state index contributed by atoms with van der Waals surface area (Å²) in [5, 5.41) is 23.6. The van der Waals surface area contributed by atoms with E-state index in [0.717, 1.165) is 31.8 Å². The lowest BCUT2D eigenvalue weighted by Gasteiger charge is -2.41. The summed E-state index contributed by atoms with van der Waals surface area (Å²) in [6.45, 7) is 6.05. The summed E-state index contributed by atoms with van der Waals surface area (Å²) < 4.78 is 8.39. The second kappa shape index (κ2) is 9.06. The second-order valence-corrected chi connectivity index (χ2v) is 11.7. The van der Waals surface area contributed by atoms with Crippen molar-refractivity contribution < 1.29 is 9.53 Å². The molecule has 3 aromatic heterocycles. The quantitative estimate of drug-likeness (QED) is 0.312. The van der Waals surface area contributed by atoms with E-state index in [-0.39, 0.29) is 11.6 Å². The highest BCUT2D eigenvalue weighted by molar-refractivity contribution is 7.22. The summed E-state index contributed by atoms with van der Waals surface area (Å²) in [5.74, 6) is 0. The first-order valence-electron chi connectivity index (χ1n) is 12.6. The van der Waals surface area contributed by atoms with Gasteiger partial charge in [0.25, 0.3) is 5.56 Å². The number of thiophene rings is 1. The molecule has 1 aliphatic heterocycles. The van der Waals surface area contributed by atoms with Crippen molar-refractivity contribution in [1.82, 2.24) is 24.9 Å². The van der Waals surface area contributed by atoms with Gasteiger partial charge in [0, 0.05) is 34.6 Å². The number of aryl methyl sites for hydroxylation is 1. The number of benzene rings is 2. The van der Waals surface area contributed by atoms with Gasteiger partial charge in [0.1, 0.15) is 11.7 Å². The summed E-state index contributed by atoms with van der Waals surface area (Å²) in [6, 6.07) is 15.5. The van der Waals surface area contributed by atoms with E-state index in [1.54, 1.807) is 33.2 Å². The van der Waals surface area contributed by atoms with E-state index in [2.05, 4.69) is 21.4 Å². The average molecular weight is 539 g/mol. The summed E-state index contributed by atoms with van der Waals surface area (Å²) in [7, 11) is 1.86. The zero-order valence-electron chi connectivity index (χ0n) is 22.0. The van der Waals surface area contributed by atoms with Crippen LogP contribution in [0.1, 0.15) is 44.5 Å². The molecular formula is C29H26N6O3S. The van der Waals surface area contributed by atoms with Gasteiger partial charge in [-0.05, 0) is 51.0 Å². The maximum Gasteiger partial charge on any atom is 0.410 e. The summed E-state index contributed by atoms with van der Waals surface area (Å²) in [4.78, 5) is 28.0. The van der Waals surface area contributed by atoms with Gasteiger partial charge in [0.15, 0.2) is 0 Å². The van der Waals surface area contributed by atoms with Gasteiger partial charge < -0.3 is 4.74 Å². The Morgan fingerprint density at radius 1 is 1.18 bits per heavy atom. The molecule has 0 bridgehead atoms. The molecule has 0 saturated carbocycles. The number of hydrogen-bond donors (Lipinski definition) is 1. The molecule has 6 rings (SSSR count). The van der Waals surface area contributed by atoms with Crippen LogP contribution in [0.3, 0.4) is 0 Å². The molecule has 1 aliphatic rings. The molecule has 5 aromatic rings. The van der Waals surface area contributed by atoms with Crippen LogP contribution >= 0.6 is 11.3 Å². The van der Waals surface area contributed by atoms with E-state index in [4.69, 9.17) is 4.74 Å². The SMILES string of the molecule is Cn1ncc(-c2ccc3c(=O)[nH]nc(C4CCN4C(=O)OC(C)(C)C)c3c2)c1-c1sc2ccccc2c1C#N. The molecule has 4 heterocycles. The second-order valence-electron chi connectivity index (χ2n) is 10.6. The van der Waals surface area contributed by atoms with Crippen LogP contribution in [-0.2, 0) is 11.8 Å². The van der Waals surface area contributed by atoms with Gasteiger partial charge in [-0.15, -0.1) is 11.3 Å². The van der Waals surface area contributed by atoms with Crippen molar-refractivity contribution in [3.8, 4) is 27.8 Å². The molecule has 0 aliphatic carbocycles. The maximum absolute atomic E-state index is 12.8. The van der Waals surface area contributed by atoms with Gasteiger partial charge in [0.2, 0.25) is 0 Å². The van der Waals surface area contributed by atoms with E-state index in [9.17, 15) is 14.9 Å². The number of amides is 1. The Morgan fingerprint density at radius 2 is 1.97 bits per heavy atom. The van der Waals surface area contributed by atoms with Gasteiger partial charge in [-0.2, -0.15) is 15.5 Å². The summed E-state index contributed by atoms with van der Waals surface area (Å²) >= 11 is 1.56. The third kappa shape index (κ3) is 4.15. The highest BCUT2D eigenvalue weighted by Crippen LogP contribution is 2.43. The predicted molar refractivity (Wildman–Crippen MR) is 150 cm³/mol. The molecule has 1 atom stereocenters.